The van der Waals surface area contributed by atoms with E-state index >= 15 is 0 Å². The van der Waals surface area contributed by atoms with Gasteiger partial charge in [-0.05, 0) is 37.5 Å². The lowest BCUT2D eigenvalue weighted by molar-refractivity contribution is 0.100. The zero-order chi connectivity index (χ0) is 18.7. The van der Waals surface area contributed by atoms with Crippen molar-refractivity contribution in [1.82, 2.24) is 9.78 Å². The third-order valence-electron chi connectivity index (χ3n) is 4.96. The molecule has 2 aromatic heterocycles. The van der Waals surface area contributed by atoms with Crippen molar-refractivity contribution in [3.8, 4) is 33.6 Å². The quantitative estimate of drug-likeness (QED) is 0.750. The molecule has 5 rings (SSSR count). The molecule has 1 aliphatic carbocycles. The van der Waals surface area contributed by atoms with E-state index in [1.165, 1.54) is 16.9 Å². The van der Waals surface area contributed by atoms with Gasteiger partial charge in [0.15, 0.2) is 16.6 Å². The Morgan fingerprint density at radius 2 is 2.04 bits per heavy atom. The fourth-order valence-electron chi connectivity index (χ4n) is 3.80. The van der Waals surface area contributed by atoms with Crippen LogP contribution in [-0.4, -0.2) is 22.5 Å². The van der Waals surface area contributed by atoms with Crippen LogP contribution >= 0.6 is 11.3 Å². The minimum atomic E-state index is -0.431. The zero-order valence-corrected chi connectivity index (χ0v) is 15.7. The molecular weight excluding hydrogens is 366 g/mol. The third kappa shape index (κ3) is 2.40. The maximum absolute atomic E-state index is 12.0. The Labute approximate surface area is 159 Å². The zero-order valence-electron chi connectivity index (χ0n) is 14.9. The molecule has 2 N–H and O–H groups in total. The van der Waals surface area contributed by atoms with Gasteiger partial charge >= 0.3 is 0 Å². The van der Waals surface area contributed by atoms with E-state index in [4.69, 9.17) is 19.9 Å². The number of carbonyl (C=O) groups is 1. The molecule has 0 bridgehead atoms. The lowest BCUT2D eigenvalue weighted by Crippen LogP contribution is -2.14. The Balaban J connectivity index is 1.65. The second-order valence-electron chi connectivity index (χ2n) is 6.59. The summed E-state index contributed by atoms with van der Waals surface area (Å²) in [6, 6.07) is 5.42. The summed E-state index contributed by atoms with van der Waals surface area (Å²) >= 11 is 1.28. The number of nitrogens with two attached hydrogens (primary N) is 1. The number of aryl methyl sites for hydroxylation is 2. The number of hydrogen-bond acceptors (Lipinski definition) is 6. The molecule has 3 aromatic rings. The molecule has 8 heteroatoms. The van der Waals surface area contributed by atoms with E-state index in [1.54, 1.807) is 6.07 Å². The monoisotopic (exact) mass is 383 g/mol. The molecule has 0 radical (unpaired) electrons. The molecule has 0 saturated carbocycles. The summed E-state index contributed by atoms with van der Waals surface area (Å²) in [7, 11) is 1.91. The highest BCUT2D eigenvalue weighted by atomic mass is 32.1. The number of rotatable bonds is 3. The number of benzene rings is 1. The summed E-state index contributed by atoms with van der Waals surface area (Å²) in [4.78, 5) is 12.6. The van der Waals surface area contributed by atoms with Crippen LogP contribution in [0, 0.1) is 6.92 Å². The Kier molecular flexibility index (Phi) is 3.45. The van der Waals surface area contributed by atoms with E-state index in [-0.39, 0.29) is 6.79 Å². The smallest absolute Gasteiger partial charge is 0.259 e. The van der Waals surface area contributed by atoms with Crippen molar-refractivity contribution in [2.45, 2.75) is 19.8 Å². The van der Waals surface area contributed by atoms with Crippen LogP contribution in [0.1, 0.15) is 26.5 Å². The van der Waals surface area contributed by atoms with E-state index in [1.807, 2.05) is 30.8 Å². The van der Waals surface area contributed by atoms with Crippen molar-refractivity contribution in [2.24, 2.45) is 12.8 Å². The minimum Gasteiger partial charge on any atom is -0.454 e. The van der Waals surface area contributed by atoms with Gasteiger partial charge in [0.05, 0.1) is 21.8 Å². The maximum Gasteiger partial charge on any atom is 0.259 e. The van der Waals surface area contributed by atoms with E-state index in [9.17, 15) is 4.79 Å². The topological polar surface area (TPSA) is 88.6 Å². The predicted molar refractivity (Wildman–Crippen MR) is 99.8 cm³/mol. The lowest BCUT2D eigenvalue weighted by Gasteiger charge is -2.16. The molecule has 0 spiro atoms. The van der Waals surface area contributed by atoms with E-state index in [0.29, 0.717) is 27.2 Å². The number of primary amides is 1. The van der Waals surface area contributed by atoms with Crippen molar-refractivity contribution in [2.75, 3.05) is 6.79 Å². The van der Waals surface area contributed by atoms with Gasteiger partial charge in [0.25, 0.3) is 5.91 Å². The van der Waals surface area contributed by atoms with Crippen LogP contribution in [-0.2, 0) is 19.9 Å². The summed E-state index contributed by atoms with van der Waals surface area (Å²) in [5, 5.41) is 5.19. The lowest BCUT2D eigenvalue weighted by atomic mass is 9.90. The highest BCUT2D eigenvalue weighted by Crippen LogP contribution is 2.49. The van der Waals surface area contributed by atoms with Crippen LogP contribution in [0.2, 0.25) is 0 Å². The first kappa shape index (κ1) is 16.2. The molecular formula is C19H17N3O4S. The normalized spacial score (nSPS) is 14.0. The maximum atomic E-state index is 12.0. The minimum absolute atomic E-state index is 0.205. The van der Waals surface area contributed by atoms with Gasteiger partial charge in [-0.3, -0.25) is 9.48 Å². The van der Waals surface area contributed by atoms with Crippen molar-refractivity contribution >= 4 is 17.2 Å². The van der Waals surface area contributed by atoms with Crippen molar-refractivity contribution in [3.05, 3.63) is 39.9 Å². The van der Waals surface area contributed by atoms with Gasteiger partial charge in [0.2, 0.25) is 6.79 Å². The van der Waals surface area contributed by atoms with Gasteiger partial charge in [-0.2, -0.15) is 5.10 Å². The Bertz CT molecular complexity index is 1100. The average Bonchev–Trinajstić information content (AvgIpc) is 3.31. The van der Waals surface area contributed by atoms with Crippen LogP contribution in [0.5, 0.6) is 22.3 Å². The molecule has 1 aromatic carbocycles. The molecule has 0 atom stereocenters. The highest BCUT2D eigenvalue weighted by Gasteiger charge is 2.32. The van der Waals surface area contributed by atoms with Gasteiger partial charge in [-0.1, -0.05) is 11.3 Å². The van der Waals surface area contributed by atoms with Crippen LogP contribution < -0.4 is 19.9 Å². The molecule has 1 amide bonds. The number of fused-ring (bicyclic) bond motifs is 4. The number of thiophene rings is 1. The summed E-state index contributed by atoms with van der Waals surface area (Å²) in [5.74, 6) is 1.52. The second-order valence-corrected chi connectivity index (χ2v) is 7.57. The number of aromatic nitrogens is 2. The molecule has 138 valence electrons. The van der Waals surface area contributed by atoms with Crippen molar-refractivity contribution in [1.29, 1.82) is 0 Å². The molecule has 3 heterocycles. The predicted octanol–water partition coefficient (Wildman–Crippen LogP) is 3.18. The Morgan fingerprint density at radius 3 is 2.85 bits per heavy atom. The summed E-state index contributed by atoms with van der Waals surface area (Å²) in [5.41, 5.74) is 10.7. The van der Waals surface area contributed by atoms with Crippen LogP contribution in [0.15, 0.2) is 18.2 Å². The molecule has 7 nitrogen and oxygen atoms in total. The first-order valence-corrected chi connectivity index (χ1v) is 9.40. The number of amides is 1. The highest BCUT2D eigenvalue weighted by molar-refractivity contribution is 7.16. The van der Waals surface area contributed by atoms with Gasteiger partial charge < -0.3 is 19.9 Å². The summed E-state index contributed by atoms with van der Waals surface area (Å²) < 4.78 is 18.8. The van der Waals surface area contributed by atoms with Crippen LogP contribution in [0.25, 0.3) is 11.3 Å². The van der Waals surface area contributed by atoms with Gasteiger partial charge in [-0.25, -0.2) is 0 Å². The summed E-state index contributed by atoms with van der Waals surface area (Å²) in [6.07, 6.45) is 1.58. The third-order valence-corrected chi connectivity index (χ3v) is 6.09. The van der Waals surface area contributed by atoms with Crippen LogP contribution in [0.3, 0.4) is 0 Å². The first-order valence-electron chi connectivity index (χ1n) is 8.58. The summed E-state index contributed by atoms with van der Waals surface area (Å²) in [6.45, 7) is 2.21. The molecule has 0 unspecified atom stereocenters. The van der Waals surface area contributed by atoms with E-state index in [0.717, 1.165) is 35.4 Å². The van der Waals surface area contributed by atoms with Gasteiger partial charge in [0.1, 0.15) is 5.75 Å². The van der Waals surface area contributed by atoms with E-state index in [2.05, 4.69) is 5.10 Å². The van der Waals surface area contributed by atoms with Gasteiger partial charge in [-0.15, -0.1) is 0 Å². The molecule has 0 fully saturated rings. The number of carbonyl (C=O) groups excluding carboxylic acids is 1. The first-order chi connectivity index (χ1) is 13.0. The molecule has 27 heavy (non-hydrogen) atoms. The van der Waals surface area contributed by atoms with Gasteiger partial charge in [0, 0.05) is 18.7 Å². The fourth-order valence-corrected chi connectivity index (χ4v) is 4.88. The van der Waals surface area contributed by atoms with Crippen molar-refractivity contribution in [3.63, 3.8) is 0 Å². The Hall–Kier alpha value is -3.00. The van der Waals surface area contributed by atoms with Crippen LogP contribution in [0.4, 0.5) is 0 Å². The Morgan fingerprint density at radius 1 is 1.26 bits per heavy atom. The van der Waals surface area contributed by atoms with E-state index < -0.39 is 5.91 Å². The van der Waals surface area contributed by atoms with Crippen molar-refractivity contribution < 1.29 is 19.0 Å². The number of hydrogen-bond donors (Lipinski definition) is 1. The largest absolute Gasteiger partial charge is 0.454 e. The molecule has 2 aliphatic rings. The standard InChI is InChI=1S/C19H17N3O4S/c1-9-11-4-5-12-15(16(11)22(2)21-9)19(27-17(12)18(20)23)26-10-3-6-13-14(7-10)25-8-24-13/h3,6-7H,4-5,8H2,1-2H3,(H2,20,23). The fraction of sp³-hybridized carbons (Fsp3) is 0.263. The molecule has 1 aliphatic heterocycles. The average molecular weight is 383 g/mol. The number of ether oxygens (including phenoxy) is 3. The molecule has 0 saturated heterocycles. The number of nitrogens with zero attached hydrogens (tertiary/aromatic N) is 2. The second kappa shape index (κ2) is 5.75. The SMILES string of the molecule is Cc1nn(C)c2c1CCc1c(C(N)=O)sc(Oc3ccc4c(c3)OCO4)c1-2.